The highest BCUT2D eigenvalue weighted by molar-refractivity contribution is 5.76. The predicted molar refractivity (Wildman–Crippen MR) is 86.5 cm³/mol. The number of amides is 1. The maximum absolute atomic E-state index is 11.6. The van der Waals surface area contributed by atoms with E-state index < -0.39 is 30.0 Å². The molecule has 0 aromatic heterocycles. The zero-order chi connectivity index (χ0) is 17.7. The molecule has 5 atom stereocenters. The van der Waals surface area contributed by atoms with E-state index in [0.29, 0.717) is 0 Å². The Morgan fingerprint density at radius 2 is 1.87 bits per heavy atom. The summed E-state index contributed by atoms with van der Waals surface area (Å²) in [5.74, 6) is -2.84. The molecular weight excluding hydrogens is 300 g/mol. The number of carboxylic acid groups (broad SMARTS) is 1. The predicted octanol–water partition coefficient (Wildman–Crippen LogP) is -0.349. The van der Waals surface area contributed by atoms with Crippen LogP contribution in [0.15, 0.2) is 4.99 Å². The van der Waals surface area contributed by atoms with Gasteiger partial charge in [-0.3, -0.25) is 9.59 Å². The topological polar surface area (TPSA) is 151 Å². The van der Waals surface area contributed by atoms with Gasteiger partial charge in [0.2, 0.25) is 5.91 Å². The highest BCUT2D eigenvalue weighted by Crippen LogP contribution is 2.39. The van der Waals surface area contributed by atoms with Crippen LogP contribution in [0.4, 0.5) is 0 Å². The van der Waals surface area contributed by atoms with Crippen molar-refractivity contribution in [2.24, 2.45) is 34.2 Å². The lowest BCUT2D eigenvalue weighted by molar-refractivity contribution is -0.145. The van der Waals surface area contributed by atoms with Gasteiger partial charge in [0.05, 0.1) is 18.1 Å². The first-order valence-electron chi connectivity index (χ1n) is 7.99. The summed E-state index contributed by atoms with van der Waals surface area (Å²) in [6, 6.07) is -0.913. The Bertz CT molecular complexity index is 460. The Morgan fingerprint density at radius 3 is 2.26 bits per heavy atom. The Morgan fingerprint density at radius 1 is 1.30 bits per heavy atom. The fourth-order valence-electron chi connectivity index (χ4n) is 3.64. The molecule has 0 bridgehead atoms. The van der Waals surface area contributed by atoms with E-state index in [0.717, 1.165) is 12.8 Å². The van der Waals surface area contributed by atoms with Crippen LogP contribution in [0, 0.1) is 17.8 Å². The van der Waals surface area contributed by atoms with Crippen molar-refractivity contribution >= 4 is 17.8 Å². The van der Waals surface area contributed by atoms with E-state index in [4.69, 9.17) is 11.5 Å². The maximum Gasteiger partial charge on any atom is 0.309 e. The summed E-state index contributed by atoms with van der Waals surface area (Å²) in [5, 5.41) is 22.7. The van der Waals surface area contributed by atoms with Crippen LogP contribution >= 0.6 is 0 Å². The average Bonchev–Trinajstić information content (AvgIpc) is 2.74. The number of aliphatic hydroxyl groups excluding tert-OH is 1. The van der Waals surface area contributed by atoms with Crippen LogP contribution in [-0.2, 0) is 9.59 Å². The van der Waals surface area contributed by atoms with E-state index in [2.05, 4.69) is 10.3 Å². The second kappa shape index (κ2) is 8.14. The van der Waals surface area contributed by atoms with Gasteiger partial charge >= 0.3 is 5.97 Å². The molecule has 0 aromatic rings. The number of carboxylic acids is 1. The number of guanidine groups is 1. The summed E-state index contributed by atoms with van der Waals surface area (Å²) in [7, 11) is 0. The first-order chi connectivity index (χ1) is 10.7. The maximum atomic E-state index is 11.6. The van der Waals surface area contributed by atoms with Crippen LogP contribution in [0.3, 0.4) is 0 Å². The molecule has 1 aliphatic carbocycles. The summed E-state index contributed by atoms with van der Waals surface area (Å²) in [6.45, 7) is 5.39. The molecule has 0 radical (unpaired) electrons. The third kappa shape index (κ3) is 4.57. The van der Waals surface area contributed by atoms with E-state index >= 15 is 0 Å². The van der Waals surface area contributed by atoms with E-state index in [-0.39, 0.29) is 30.2 Å². The number of rotatable bonds is 7. The molecular formula is C15H28N4O4. The number of nitrogens with one attached hydrogen (secondary N) is 1. The summed E-state index contributed by atoms with van der Waals surface area (Å²) < 4.78 is 0. The molecule has 0 heterocycles. The van der Waals surface area contributed by atoms with Crippen LogP contribution in [0.2, 0.25) is 0 Å². The highest BCUT2D eigenvalue weighted by Gasteiger charge is 2.50. The standard InChI is InChI=1S/C15H28N4O4/c1-4-8(5-2)12(18-7(3)20)11-10(19-15(16)17)6-9(13(11)21)14(22)23/h8-13,21H,4-6H2,1-3H3,(H,18,20)(H,22,23)(H4,16,17,19)/t9-,10+,11-,12-,13+/m1/s1. The normalized spacial score (nSPS) is 28.4. The largest absolute Gasteiger partial charge is 0.481 e. The van der Waals surface area contributed by atoms with Crippen LogP contribution in [0.25, 0.3) is 0 Å². The van der Waals surface area contributed by atoms with Crippen molar-refractivity contribution in [1.29, 1.82) is 0 Å². The van der Waals surface area contributed by atoms with Gasteiger partial charge in [0, 0.05) is 18.9 Å². The Hall–Kier alpha value is -1.83. The summed E-state index contributed by atoms with van der Waals surface area (Å²) in [6.07, 6.45) is 0.612. The molecule has 132 valence electrons. The Kier molecular flexibility index (Phi) is 6.80. The lowest BCUT2D eigenvalue weighted by Gasteiger charge is -2.35. The first kappa shape index (κ1) is 19.2. The fraction of sp³-hybridized carbons (Fsp3) is 0.800. The molecule has 1 saturated carbocycles. The minimum absolute atomic E-state index is 0.0998. The van der Waals surface area contributed by atoms with Crippen molar-refractivity contribution in [2.75, 3.05) is 0 Å². The Balaban J connectivity index is 3.23. The third-order valence-electron chi connectivity index (χ3n) is 4.72. The van der Waals surface area contributed by atoms with Crippen molar-refractivity contribution in [3.05, 3.63) is 0 Å². The number of carbonyl (C=O) groups excluding carboxylic acids is 1. The van der Waals surface area contributed by atoms with E-state index in [1.165, 1.54) is 6.92 Å². The Labute approximate surface area is 136 Å². The molecule has 1 rings (SSSR count). The molecule has 8 heteroatoms. The van der Waals surface area contributed by atoms with E-state index in [1.54, 1.807) is 0 Å². The smallest absolute Gasteiger partial charge is 0.309 e. The lowest BCUT2D eigenvalue weighted by Crippen LogP contribution is -2.51. The molecule has 7 N–H and O–H groups in total. The number of carbonyl (C=O) groups is 2. The quantitative estimate of drug-likeness (QED) is 0.318. The van der Waals surface area contributed by atoms with Gasteiger partial charge in [-0.2, -0.15) is 0 Å². The summed E-state index contributed by atoms with van der Waals surface area (Å²) in [5.41, 5.74) is 10.9. The zero-order valence-corrected chi connectivity index (χ0v) is 13.9. The number of aliphatic hydroxyl groups is 1. The van der Waals surface area contributed by atoms with Gasteiger partial charge in [-0.25, -0.2) is 4.99 Å². The van der Waals surface area contributed by atoms with Gasteiger partial charge in [0.15, 0.2) is 5.96 Å². The zero-order valence-electron chi connectivity index (χ0n) is 13.9. The summed E-state index contributed by atoms with van der Waals surface area (Å²) in [4.78, 5) is 27.1. The number of nitrogens with two attached hydrogens (primary N) is 2. The molecule has 23 heavy (non-hydrogen) atoms. The van der Waals surface area contributed by atoms with Gasteiger partial charge in [0.1, 0.15) is 0 Å². The second-order valence-corrected chi connectivity index (χ2v) is 6.17. The molecule has 8 nitrogen and oxygen atoms in total. The lowest BCUT2D eigenvalue weighted by atomic mass is 9.80. The van der Waals surface area contributed by atoms with Crippen LogP contribution in [0.1, 0.15) is 40.0 Å². The van der Waals surface area contributed by atoms with Gasteiger partial charge in [0.25, 0.3) is 0 Å². The molecule has 0 aromatic carbocycles. The SMILES string of the molecule is CCC(CC)[C@@H](NC(C)=O)[C@@H]1[C@@H](O)[C@H](C(=O)O)C[C@@H]1N=C(N)N. The molecule has 0 spiro atoms. The molecule has 1 fully saturated rings. The number of hydrogen-bond acceptors (Lipinski definition) is 4. The average molecular weight is 328 g/mol. The van der Waals surface area contributed by atoms with Crippen LogP contribution in [0.5, 0.6) is 0 Å². The molecule has 1 amide bonds. The van der Waals surface area contributed by atoms with Crippen molar-refractivity contribution in [3.63, 3.8) is 0 Å². The second-order valence-electron chi connectivity index (χ2n) is 6.17. The summed E-state index contributed by atoms with van der Waals surface area (Å²) >= 11 is 0. The molecule has 1 aliphatic rings. The van der Waals surface area contributed by atoms with Crippen molar-refractivity contribution in [3.8, 4) is 0 Å². The molecule has 0 unspecified atom stereocenters. The van der Waals surface area contributed by atoms with Crippen molar-refractivity contribution < 1.29 is 19.8 Å². The number of aliphatic imine (C=N–C) groups is 1. The minimum Gasteiger partial charge on any atom is -0.481 e. The monoisotopic (exact) mass is 328 g/mol. The molecule has 0 aliphatic heterocycles. The van der Waals surface area contributed by atoms with E-state index in [9.17, 15) is 19.8 Å². The third-order valence-corrected chi connectivity index (χ3v) is 4.72. The van der Waals surface area contributed by atoms with E-state index in [1.807, 2.05) is 13.8 Å². The van der Waals surface area contributed by atoms with Crippen molar-refractivity contribution in [1.82, 2.24) is 5.32 Å². The molecule has 0 saturated heterocycles. The van der Waals surface area contributed by atoms with Crippen molar-refractivity contribution in [2.45, 2.75) is 58.2 Å². The fourth-order valence-corrected chi connectivity index (χ4v) is 3.64. The van der Waals surface area contributed by atoms with Gasteiger partial charge in [-0.1, -0.05) is 26.7 Å². The highest BCUT2D eigenvalue weighted by atomic mass is 16.4. The van der Waals surface area contributed by atoms with Crippen LogP contribution < -0.4 is 16.8 Å². The van der Waals surface area contributed by atoms with Gasteiger partial charge in [-0.15, -0.1) is 0 Å². The van der Waals surface area contributed by atoms with Gasteiger partial charge in [-0.05, 0) is 12.3 Å². The minimum atomic E-state index is -1.11. The number of aliphatic carboxylic acids is 1. The number of hydrogen-bond donors (Lipinski definition) is 5. The van der Waals surface area contributed by atoms with Gasteiger partial charge < -0.3 is 27.0 Å². The number of nitrogens with zero attached hydrogens (tertiary/aromatic N) is 1. The van der Waals surface area contributed by atoms with Crippen LogP contribution in [-0.4, -0.2) is 46.2 Å². The first-order valence-corrected chi connectivity index (χ1v) is 7.99.